The molecule has 7 heteroatoms. The van der Waals surface area contributed by atoms with Crippen LogP contribution in [0, 0.1) is 0 Å². The minimum atomic E-state index is 0.0423. The van der Waals surface area contributed by atoms with Crippen LogP contribution < -0.4 is 5.32 Å². The van der Waals surface area contributed by atoms with Crippen LogP contribution in [0.3, 0.4) is 0 Å². The number of carbonyl (C=O) groups excluding carboxylic acids is 1. The summed E-state index contributed by atoms with van der Waals surface area (Å²) in [5.74, 6) is 0.294. The Morgan fingerprint density at radius 2 is 2.23 bits per heavy atom. The van der Waals surface area contributed by atoms with E-state index in [1.165, 1.54) is 0 Å². The molecular formula is C15H19N3O3S. The van der Waals surface area contributed by atoms with Gasteiger partial charge in [-0.05, 0) is 18.2 Å². The van der Waals surface area contributed by atoms with E-state index in [9.17, 15) is 9.90 Å². The number of benzene rings is 1. The van der Waals surface area contributed by atoms with Gasteiger partial charge < -0.3 is 15.2 Å². The number of morpholine rings is 1. The summed E-state index contributed by atoms with van der Waals surface area (Å²) in [6.07, 6.45) is 0.703. The van der Waals surface area contributed by atoms with Crippen LogP contribution in [-0.4, -0.2) is 60.3 Å². The number of nitrogens with zero attached hydrogens (tertiary/aromatic N) is 2. The van der Waals surface area contributed by atoms with Gasteiger partial charge in [0.25, 0.3) is 0 Å². The van der Waals surface area contributed by atoms with Crippen LogP contribution in [0.2, 0.25) is 0 Å². The molecule has 2 N–H and O–H groups in total. The molecule has 2 heterocycles. The third kappa shape index (κ3) is 3.94. The van der Waals surface area contributed by atoms with E-state index in [0.717, 1.165) is 28.3 Å². The maximum atomic E-state index is 11.9. The Balaban J connectivity index is 1.46. The van der Waals surface area contributed by atoms with E-state index in [-0.39, 0.29) is 11.7 Å². The summed E-state index contributed by atoms with van der Waals surface area (Å²) in [6, 6.07) is 5.16. The summed E-state index contributed by atoms with van der Waals surface area (Å²) in [5.41, 5.74) is 0.887. The van der Waals surface area contributed by atoms with E-state index in [1.54, 1.807) is 23.5 Å². The summed E-state index contributed by atoms with van der Waals surface area (Å²) in [5, 5.41) is 13.3. The minimum absolute atomic E-state index is 0.0423. The van der Waals surface area contributed by atoms with Crippen LogP contribution in [0.1, 0.15) is 5.01 Å². The maximum absolute atomic E-state index is 11.9. The second kappa shape index (κ2) is 7.04. The molecule has 1 aliphatic rings. The second-order valence-electron chi connectivity index (χ2n) is 5.25. The third-order valence-corrected chi connectivity index (χ3v) is 4.63. The molecule has 1 fully saturated rings. The van der Waals surface area contributed by atoms with Gasteiger partial charge >= 0.3 is 0 Å². The van der Waals surface area contributed by atoms with Crippen molar-refractivity contribution in [1.29, 1.82) is 0 Å². The topological polar surface area (TPSA) is 74.7 Å². The predicted molar refractivity (Wildman–Crippen MR) is 85.3 cm³/mol. The quantitative estimate of drug-likeness (QED) is 0.859. The molecular weight excluding hydrogens is 302 g/mol. The molecule has 0 bridgehead atoms. The molecule has 118 valence electrons. The summed E-state index contributed by atoms with van der Waals surface area (Å²) in [6.45, 7) is 4.03. The van der Waals surface area contributed by atoms with Gasteiger partial charge in [-0.15, -0.1) is 11.3 Å². The van der Waals surface area contributed by atoms with Gasteiger partial charge in [-0.3, -0.25) is 9.69 Å². The van der Waals surface area contributed by atoms with Crippen LogP contribution in [0.4, 0.5) is 0 Å². The molecule has 0 spiro atoms. The number of carbonyl (C=O) groups is 1. The molecule has 0 saturated carbocycles. The maximum Gasteiger partial charge on any atom is 0.234 e. The van der Waals surface area contributed by atoms with E-state index in [2.05, 4.69) is 15.2 Å². The summed E-state index contributed by atoms with van der Waals surface area (Å²) >= 11 is 1.55. The van der Waals surface area contributed by atoms with E-state index < -0.39 is 0 Å². The Hall–Kier alpha value is -1.70. The first-order valence-electron chi connectivity index (χ1n) is 7.36. The third-order valence-electron chi connectivity index (χ3n) is 3.55. The molecule has 1 aromatic carbocycles. The van der Waals surface area contributed by atoms with Crippen LogP contribution in [0.25, 0.3) is 10.2 Å². The van der Waals surface area contributed by atoms with Crippen molar-refractivity contribution in [3.8, 4) is 5.75 Å². The van der Waals surface area contributed by atoms with Crippen molar-refractivity contribution >= 4 is 27.5 Å². The van der Waals surface area contributed by atoms with E-state index >= 15 is 0 Å². The molecule has 3 rings (SSSR count). The molecule has 22 heavy (non-hydrogen) atoms. The Labute approximate surface area is 132 Å². The van der Waals surface area contributed by atoms with Gasteiger partial charge in [0.05, 0.1) is 35.0 Å². The van der Waals surface area contributed by atoms with Gasteiger partial charge in [-0.2, -0.15) is 0 Å². The van der Waals surface area contributed by atoms with Gasteiger partial charge in [0.2, 0.25) is 5.91 Å². The van der Waals surface area contributed by atoms with Crippen LogP contribution in [0.5, 0.6) is 5.75 Å². The zero-order valence-corrected chi connectivity index (χ0v) is 13.1. The molecule has 1 saturated heterocycles. The van der Waals surface area contributed by atoms with Crippen molar-refractivity contribution in [2.45, 2.75) is 6.42 Å². The number of amides is 1. The highest BCUT2D eigenvalue weighted by Crippen LogP contribution is 2.25. The van der Waals surface area contributed by atoms with Crippen molar-refractivity contribution in [2.75, 3.05) is 39.4 Å². The number of phenolic OH excluding ortho intramolecular Hbond substituents is 1. The molecule has 0 atom stereocenters. The highest BCUT2D eigenvalue weighted by molar-refractivity contribution is 7.18. The SMILES string of the molecule is O=C(CN1CCOCC1)NCCc1nc2ccc(O)cc2s1. The van der Waals surface area contributed by atoms with Crippen LogP contribution >= 0.6 is 11.3 Å². The zero-order valence-electron chi connectivity index (χ0n) is 12.2. The number of hydrogen-bond acceptors (Lipinski definition) is 6. The number of phenols is 1. The Morgan fingerprint density at radius 1 is 1.41 bits per heavy atom. The Kier molecular flexibility index (Phi) is 4.87. The van der Waals surface area contributed by atoms with E-state index in [4.69, 9.17) is 4.74 Å². The fourth-order valence-electron chi connectivity index (χ4n) is 2.40. The van der Waals surface area contributed by atoms with Gasteiger partial charge in [0, 0.05) is 26.1 Å². The molecule has 6 nitrogen and oxygen atoms in total. The summed E-state index contributed by atoms with van der Waals surface area (Å²) in [7, 11) is 0. The highest BCUT2D eigenvalue weighted by Gasteiger charge is 2.13. The lowest BCUT2D eigenvalue weighted by atomic mass is 10.3. The first-order chi connectivity index (χ1) is 10.7. The molecule has 0 unspecified atom stereocenters. The average molecular weight is 321 g/mol. The molecule has 2 aromatic rings. The highest BCUT2D eigenvalue weighted by atomic mass is 32.1. The number of aromatic hydroxyl groups is 1. The fraction of sp³-hybridized carbons (Fsp3) is 0.467. The molecule has 1 amide bonds. The van der Waals surface area contributed by atoms with Crippen LogP contribution in [0.15, 0.2) is 18.2 Å². The first-order valence-corrected chi connectivity index (χ1v) is 8.17. The van der Waals surface area contributed by atoms with E-state index in [1.807, 2.05) is 6.07 Å². The number of ether oxygens (including phenoxy) is 1. The zero-order chi connectivity index (χ0) is 15.4. The van der Waals surface area contributed by atoms with Gasteiger partial charge in [-0.1, -0.05) is 0 Å². The predicted octanol–water partition coefficient (Wildman–Crippen LogP) is 0.993. The van der Waals surface area contributed by atoms with Crippen molar-refractivity contribution in [3.63, 3.8) is 0 Å². The smallest absolute Gasteiger partial charge is 0.234 e. The molecule has 1 aromatic heterocycles. The molecule has 0 aliphatic carbocycles. The second-order valence-corrected chi connectivity index (χ2v) is 6.36. The van der Waals surface area contributed by atoms with Gasteiger partial charge in [-0.25, -0.2) is 4.98 Å². The molecule has 0 radical (unpaired) electrons. The number of hydrogen-bond donors (Lipinski definition) is 2. The van der Waals surface area contributed by atoms with Crippen molar-refractivity contribution < 1.29 is 14.6 Å². The number of rotatable bonds is 5. The van der Waals surface area contributed by atoms with Crippen molar-refractivity contribution in [3.05, 3.63) is 23.2 Å². The normalized spacial score (nSPS) is 16.0. The fourth-order valence-corrected chi connectivity index (χ4v) is 3.39. The average Bonchev–Trinajstić information content (AvgIpc) is 2.90. The number of thiazole rings is 1. The standard InChI is InChI=1S/C15H19N3O3S/c19-11-1-2-12-13(9-11)22-15(17-12)3-4-16-14(20)10-18-5-7-21-8-6-18/h1-2,9,19H,3-8,10H2,(H,16,20). The Morgan fingerprint density at radius 3 is 3.05 bits per heavy atom. The lowest BCUT2D eigenvalue weighted by Crippen LogP contribution is -2.43. The monoisotopic (exact) mass is 321 g/mol. The van der Waals surface area contributed by atoms with Gasteiger partial charge in [0.1, 0.15) is 5.75 Å². The van der Waals surface area contributed by atoms with E-state index in [0.29, 0.717) is 32.7 Å². The summed E-state index contributed by atoms with van der Waals surface area (Å²) in [4.78, 5) is 18.5. The van der Waals surface area contributed by atoms with Crippen LogP contribution in [-0.2, 0) is 16.0 Å². The van der Waals surface area contributed by atoms with Crippen molar-refractivity contribution in [2.24, 2.45) is 0 Å². The number of fused-ring (bicyclic) bond motifs is 1. The lowest BCUT2D eigenvalue weighted by Gasteiger charge is -2.25. The minimum Gasteiger partial charge on any atom is -0.508 e. The Bertz CT molecular complexity index is 653. The summed E-state index contributed by atoms with van der Waals surface area (Å²) < 4.78 is 6.23. The molecule has 1 aliphatic heterocycles. The van der Waals surface area contributed by atoms with Gasteiger partial charge in [0.15, 0.2) is 0 Å². The lowest BCUT2D eigenvalue weighted by molar-refractivity contribution is -0.123. The largest absolute Gasteiger partial charge is 0.508 e. The number of aromatic nitrogens is 1. The van der Waals surface area contributed by atoms with Crippen molar-refractivity contribution in [1.82, 2.24) is 15.2 Å². The first kappa shape index (κ1) is 15.2. The number of nitrogens with one attached hydrogen (secondary N) is 1.